The molecule has 0 radical (unpaired) electrons. The van der Waals surface area contributed by atoms with E-state index in [9.17, 15) is 0 Å². The van der Waals surface area contributed by atoms with Gasteiger partial charge >= 0.3 is 0 Å². The van der Waals surface area contributed by atoms with Crippen LogP contribution in [0.3, 0.4) is 0 Å². The highest BCUT2D eigenvalue weighted by Gasteiger charge is 1.85. The van der Waals surface area contributed by atoms with Crippen molar-refractivity contribution >= 4 is 0 Å². The third-order valence-corrected chi connectivity index (χ3v) is 1.31. The van der Waals surface area contributed by atoms with Crippen LogP contribution < -0.4 is 5.32 Å². The van der Waals surface area contributed by atoms with Crippen molar-refractivity contribution in [3.63, 3.8) is 0 Å². The van der Waals surface area contributed by atoms with Crippen LogP contribution in [0.4, 0.5) is 0 Å². The van der Waals surface area contributed by atoms with Gasteiger partial charge in [0.25, 0.3) is 0 Å². The summed E-state index contributed by atoms with van der Waals surface area (Å²) in [7, 11) is 0. The van der Waals surface area contributed by atoms with Crippen molar-refractivity contribution < 1.29 is 0 Å². The lowest BCUT2D eigenvalue weighted by Crippen LogP contribution is -2.15. The molecular weight excluding hydrogens is 110 g/mol. The Bertz CT molecular complexity index is 37.8. The third-order valence-electron chi connectivity index (χ3n) is 1.31. The Balaban J connectivity index is 2.60. The zero-order valence-corrected chi connectivity index (χ0v) is 6.45. The van der Waals surface area contributed by atoms with Crippen LogP contribution in [-0.4, -0.2) is 13.1 Å². The number of unbranched alkanes of at least 4 members (excludes halogenated alkanes) is 2. The summed E-state index contributed by atoms with van der Waals surface area (Å²) in [4.78, 5) is 0. The first kappa shape index (κ1) is 8.83. The second-order valence-corrected chi connectivity index (χ2v) is 2.31. The molecule has 0 spiro atoms. The predicted molar refractivity (Wildman–Crippen MR) is 42.4 cm³/mol. The summed E-state index contributed by atoms with van der Waals surface area (Å²) in [6.45, 7) is 8.29. The lowest BCUT2D eigenvalue weighted by atomic mass is 10.3. The van der Waals surface area contributed by atoms with Gasteiger partial charge in [0.2, 0.25) is 0 Å². The number of hydrogen-bond acceptors (Lipinski definition) is 1. The molecule has 0 aromatic carbocycles. The molecule has 1 heteroatoms. The van der Waals surface area contributed by atoms with Crippen LogP contribution in [0.2, 0.25) is 0 Å². The van der Waals surface area contributed by atoms with Gasteiger partial charge in [-0.25, -0.2) is 0 Å². The minimum atomic E-state index is 1.05. The van der Waals surface area contributed by atoms with Crippen molar-refractivity contribution in [1.82, 2.24) is 5.32 Å². The van der Waals surface area contributed by atoms with Crippen LogP contribution in [-0.2, 0) is 0 Å². The minimum absolute atomic E-state index is 1.05. The molecule has 0 aromatic rings. The highest BCUT2D eigenvalue weighted by atomic mass is 14.8. The summed E-state index contributed by atoms with van der Waals surface area (Å²) in [6, 6.07) is 0. The van der Waals surface area contributed by atoms with E-state index in [-0.39, 0.29) is 0 Å². The molecule has 54 valence electrons. The van der Waals surface area contributed by atoms with Crippen LogP contribution in [0.1, 0.15) is 32.6 Å². The SMILES string of the molecule is [CH2+]CCCNCCCC. The van der Waals surface area contributed by atoms with Crippen molar-refractivity contribution in [3.8, 4) is 0 Å². The quantitative estimate of drug-likeness (QED) is 0.426. The number of nitrogens with one attached hydrogen (secondary N) is 1. The fourth-order valence-corrected chi connectivity index (χ4v) is 0.677. The van der Waals surface area contributed by atoms with E-state index < -0.39 is 0 Å². The number of rotatable bonds is 6. The van der Waals surface area contributed by atoms with Crippen molar-refractivity contribution in [2.75, 3.05) is 13.1 Å². The van der Waals surface area contributed by atoms with Gasteiger partial charge in [-0.15, -0.1) is 0 Å². The lowest BCUT2D eigenvalue weighted by Gasteiger charge is -1.98. The summed E-state index contributed by atoms with van der Waals surface area (Å²) < 4.78 is 0. The molecular formula is C8H18N+. The zero-order valence-electron chi connectivity index (χ0n) is 6.45. The van der Waals surface area contributed by atoms with Gasteiger partial charge in [0.15, 0.2) is 0 Å². The normalized spacial score (nSPS) is 9.89. The molecule has 0 saturated carbocycles. The van der Waals surface area contributed by atoms with E-state index in [0.717, 1.165) is 13.0 Å². The molecule has 0 saturated heterocycles. The van der Waals surface area contributed by atoms with Gasteiger partial charge in [-0.1, -0.05) is 13.3 Å². The van der Waals surface area contributed by atoms with Crippen LogP contribution >= 0.6 is 0 Å². The van der Waals surface area contributed by atoms with Crippen molar-refractivity contribution in [3.05, 3.63) is 6.92 Å². The van der Waals surface area contributed by atoms with Gasteiger partial charge < -0.3 is 5.32 Å². The van der Waals surface area contributed by atoms with E-state index in [1.54, 1.807) is 0 Å². The van der Waals surface area contributed by atoms with E-state index in [0.29, 0.717) is 0 Å². The van der Waals surface area contributed by atoms with Crippen LogP contribution in [0.25, 0.3) is 0 Å². The molecule has 0 heterocycles. The second kappa shape index (κ2) is 7.83. The molecule has 0 fully saturated rings. The Morgan fingerprint density at radius 1 is 1.22 bits per heavy atom. The zero-order chi connectivity index (χ0) is 6.95. The molecule has 0 atom stereocenters. The highest BCUT2D eigenvalue weighted by molar-refractivity contribution is 4.48. The van der Waals surface area contributed by atoms with E-state index in [1.165, 1.54) is 25.8 Å². The topological polar surface area (TPSA) is 12.0 Å². The summed E-state index contributed by atoms with van der Waals surface area (Å²) in [5, 5.41) is 3.35. The molecule has 0 rings (SSSR count). The Morgan fingerprint density at radius 2 is 1.89 bits per heavy atom. The summed E-state index contributed by atoms with van der Waals surface area (Å²) in [5.74, 6) is 0. The molecule has 0 aromatic heterocycles. The summed E-state index contributed by atoms with van der Waals surface area (Å²) in [5.41, 5.74) is 0. The van der Waals surface area contributed by atoms with Gasteiger partial charge in [0, 0.05) is 0 Å². The molecule has 0 amide bonds. The van der Waals surface area contributed by atoms with Gasteiger partial charge in [0.1, 0.15) is 0 Å². The minimum Gasteiger partial charge on any atom is -0.317 e. The first-order chi connectivity index (χ1) is 4.41. The van der Waals surface area contributed by atoms with Gasteiger partial charge in [-0.2, -0.15) is 0 Å². The fraction of sp³-hybridized carbons (Fsp3) is 0.875. The molecule has 0 unspecified atom stereocenters. The van der Waals surface area contributed by atoms with Crippen molar-refractivity contribution in [2.45, 2.75) is 32.6 Å². The van der Waals surface area contributed by atoms with Gasteiger partial charge in [0.05, 0.1) is 13.3 Å². The van der Waals surface area contributed by atoms with E-state index in [1.807, 2.05) is 0 Å². The molecule has 0 bridgehead atoms. The maximum Gasteiger partial charge on any atom is 0.0862 e. The van der Waals surface area contributed by atoms with Crippen LogP contribution in [0.5, 0.6) is 0 Å². The smallest absolute Gasteiger partial charge is 0.0862 e. The molecule has 0 aliphatic heterocycles. The van der Waals surface area contributed by atoms with Gasteiger partial charge in [-0.05, 0) is 25.9 Å². The average molecular weight is 128 g/mol. The molecule has 1 N–H and O–H groups in total. The first-order valence-corrected chi connectivity index (χ1v) is 3.91. The largest absolute Gasteiger partial charge is 0.317 e. The van der Waals surface area contributed by atoms with E-state index in [4.69, 9.17) is 0 Å². The maximum absolute atomic E-state index is 3.76. The Hall–Kier alpha value is -0.170. The third kappa shape index (κ3) is 7.83. The van der Waals surface area contributed by atoms with Crippen molar-refractivity contribution in [1.29, 1.82) is 0 Å². The van der Waals surface area contributed by atoms with E-state index in [2.05, 4.69) is 19.2 Å². The Kier molecular flexibility index (Phi) is 7.68. The predicted octanol–water partition coefficient (Wildman–Crippen LogP) is 1.99. The highest BCUT2D eigenvalue weighted by Crippen LogP contribution is 1.84. The average Bonchev–Trinajstić information content (AvgIpc) is 1.89. The molecule has 0 aliphatic carbocycles. The molecule has 0 aliphatic rings. The Morgan fingerprint density at radius 3 is 2.44 bits per heavy atom. The lowest BCUT2D eigenvalue weighted by molar-refractivity contribution is 0.620. The summed E-state index contributed by atoms with van der Waals surface area (Å²) in [6.07, 6.45) is 4.86. The summed E-state index contributed by atoms with van der Waals surface area (Å²) >= 11 is 0. The molecule has 9 heavy (non-hydrogen) atoms. The molecule has 1 nitrogen and oxygen atoms in total. The standard InChI is InChI=1S/C8H18N/c1-3-5-7-9-8-6-4-2/h9H,1,3-8H2,2H3/q+1. The second-order valence-electron chi connectivity index (χ2n) is 2.31. The van der Waals surface area contributed by atoms with Crippen LogP contribution in [0.15, 0.2) is 0 Å². The Labute approximate surface area is 58.8 Å². The van der Waals surface area contributed by atoms with Crippen molar-refractivity contribution in [2.24, 2.45) is 0 Å². The van der Waals surface area contributed by atoms with Gasteiger partial charge in [-0.3, -0.25) is 0 Å². The monoisotopic (exact) mass is 128 g/mol. The fourth-order valence-electron chi connectivity index (χ4n) is 0.677. The number of hydrogen-bond donors (Lipinski definition) is 1. The first-order valence-electron chi connectivity index (χ1n) is 3.91. The maximum atomic E-state index is 3.76. The van der Waals surface area contributed by atoms with E-state index >= 15 is 0 Å². The van der Waals surface area contributed by atoms with Crippen LogP contribution in [0, 0.1) is 6.92 Å².